The predicted octanol–water partition coefficient (Wildman–Crippen LogP) is 2.76. The molecule has 0 aliphatic heterocycles. The summed E-state index contributed by atoms with van der Waals surface area (Å²) in [5.41, 5.74) is 1.14. The van der Waals surface area contributed by atoms with Crippen molar-refractivity contribution in [3.05, 3.63) is 15.6 Å². The molecule has 1 aromatic rings. The number of rotatable bonds is 3. The Hall–Kier alpha value is -1.10. The van der Waals surface area contributed by atoms with E-state index in [4.69, 9.17) is 0 Å². The van der Waals surface area contributed by atoms with E-state index in [1.807, 2.05) is 7.05 Å². The molecule has 1 fully saturated rings. The van der Waals surface area contributed by atoms with Crippen LogP contribution in [0.3, 0.4) is 0 Å². The minimum Gasteiger partial charge on any atom is -0.354 e. The summed E-state index contributed by atoms with van der Waals surface area (Å²) in [5, 5.41) is 8.00. The molecule has 1 aliphatic carbocycles. The van der Waals surface area contributed by atoms with E-state index in [0.717, 1.165) is 23.2 Å². The quantitative estimate of drug-likeness (QED) is 0.661. The van der Waals surface area contributed by atoms with E-state index in [1.165, 1.54) is 37.0 Å². The van der Waals surface area contributed by atoms with Crippen molar-refractivity contribution in [1.82, 2.24) is 15.6 Å². The molecule has 1 aliphatic rings. The van der Waals surface area contributed by atoms with Crippen LogP contribution in [0, 0.1) is 13.8 Å². The first-order chi connectivity index (χ1) is 9.19. The van der Waals surface area contributed by atoms with E-state index in [2.05, 4.69) is 34.5 Å². The highest BCUT2D eigenvalue weighted by molar-refractivity contribution is 7.11. The first-order valence-corrected chi connectivity index (χ1v) is 7.91. The van der Waals surface area contributed by atoms with E-state index in [1.54, 1.807) is 11.3 Å². The van der Waals surface area contributed by atoms with Crippen molar-refractivity contribution in [2.24, 2.45) is 4.99 Å². The number of thiazole rings is 1. The highest BCUT2D eigenvalue weighted by Crippen LogP contribution is 2.18. The maximum atomic E-state index is 4.54. The maximum absolute atomic E-state index is 4.54. The van der Waals surface area contributed by atoms with Gasteiger partial charge in [0.2, 0.25) is 0 Å². The predicted molar refractivity (Wildman–Crippen MR) is 81.8 cm³/mol. The highest BCUT2D eigenvalue weighted by Gasteiger charge is 2.14. The summed E-state index contributed by atoms with van der Waals surface area (Å²) in [6, 6.07) is 0.583. The second kappa shape index (κ2) is 6.89. The van der Waals surface area contributed by atoms with Crippen LogP contribution in [0.1, 0.15) is 47.7 Å². The van der Waals surface area contributed by atoms with Gasteiger partial charge in [0.25, 0.3) is 0 Å². The Kier molecular flexibility index (Phi) is 5.19. The van der Waals surface area contributed by atoms with E-state index in [0.29, 0.717) is 6.04 Å². The molecule has 0 radical (unpaired) electrons. The second-order valence-electron chi connectivity index (χ2n) is 5.15. The molecule has 19 heavy (non-hydrogen) atoms. The summed E-state index contributed by atoms with van der Waals surface area (Å²) in [6.45, 7) is 4.93. The number of nitrogens with one attached hydrogen (secondary N) is 2. The first-order valence-electron chi connectivity index (χ1n) is 7.09. The average Bonchev–Trinajstić information content (AvgIpc) is 2.75. The minimum atomic E-state index is 0.583. The van der Waals surface area contributed by atoms with Crippen molar-refractivity contribution in [3.63, 3.8) is 0 Å². The maximum Gasteiger partial charge on any atom is 0.191 e. The van der Waals surface area contributed by atoms with E-state index in [-0.39, 0.29) is 0 Å². The fourth-order valence-corrected chi connectivity index (χ4v) is 3.28. The van der Waals surface area contributed by atoms with Crippen LogP contribution < -0.4 is 10.6 Å². The van der Waals surface area contributed by atoms with Gasteiger partial charge < -0.3 is 10.6 Å². The number of aryl methyl sites for hydroxylation is 2. The number of nitrogens with zero attached hydrogens (tertiary/aromatic N) is 2. The molecule has 0 bridgehead atoms. The first kappa shape index (κ1) is 14.3. The molecule has 5 heteroatoms. The lowest BCUT2D eigenvalue weighted by atomic mass is 9.96. The van der Waals surface area contributed by atoms with Crippen LogP contribution in [-0.2, 0) is 6.54 Å². The summed E-state index contributed by atoms with van der Waals surface area (Å²) in [7, 11) is 1.83. The van der Waals surface area contributed by atoms with Crippen molar-refractivity contribution in [3.8, 4) is 0 Å². The molecule has 0 amide bonds. The van der Waals surface area contributed by atoms with Gasteiger partial charge in [0.15, 0.2) is 5.96 Å². The van der Waals surface area contributed by atoms with Gasteiger partial charge in [-0.15, -0.1) is 11.3 Å². The lowest BCUT2D eigenvalue weighted by Crippen LogP contribution is -2.43. The van der Waals surface area contributed by atoms with Crippen LogP contribution in [0.5, 0.6) is 0 Å². The fraction of sp³-hybridized carbons (Fsp3) is 0.714. The van der Waals surface area contributed by atoms with Crippen LogP contribution >= 0.6 is 11.3 Å². The largest absolute Gasteiger partial charge is 0.354 e. The van der Waals surface area contributed by atoms with Gasteiger partial charge in [-0.05, 0) is 26.7 Å². The third-order valence-electron chi connectivity index (χ3n) is 3.65. The molecule has 2 rings (SSSR count). The molecular formula is C14H24N4S. The lowest BCUT2D eigenvalue weighted by molar-refractivity contribution is 0.410. The Morgan fingerprint density at radius 2 is 2.05 bits per heavy atom. The topological polar surface area (TPSA) is 49.3 Å². The van der Waals surface area contributed by atoms with Crippen molar-refractivity contribution in [2.75, 3.05) is 7.05 Å². The Bertz CT molecular complexity index is 413. The molecule has 1 heterocycles. The minimum absolute atomic E-state index is 0.583. The Labute approximate surface area is 119 Å². The summed E-state index contributed by atoms with van der Waals surface area (Å²) < 4.78 is 0. The molecule has 0 aromatic carbocycles. The Morgan fingerprint density at radius 1 is 1.32 bits per heavy atom. The van der Waals surface area contributed by atoms with Crippen molar-refractivity contribution >= 4 is 17.3 Å². The van der Waals surface area contributed by atoms with Crippen molar-refractivity contribution < 1.29 is 0 Å². The second-order valence-corrected chi connectivity index (χ2v) is 6.44. The molecule has 1 aromatic heterocycles. The average molecular weight is 280 g/mol. The molecule has 106 valence electrons. The van der Waals surface area contributed by atoms with Crippen LogP contribution in [-0.4, -0.2) is 24.0 Å². The molecule has 2 N–H and O–H groups in total. The monoisotopic (exact) mass is 280 g/mol. The third kappa shape index (κ3) is 4.20. The van der Waals surface area contributed by atoms with Gasteiger partial charge in [-0.1, -0.05) is 19.3 Å². The van der Waals surface area contributed by atoms with Crippen molar-refractivity contribution in [1.29, 1.82) is 0 Å². The number of guanidine groups is 1. The molecule has 0 saturated heterocycles. The molecule has 0 unspecified atom stereocenters. The van der Waals surface area contributed by atoms with E-state index in [9.17, 15) is 0 Å². The molecule has 0 spiro atoms. The number of aromatic nitrogens is 1. The van der Waals surface area contributed by atoms with Gasteiger partial charge in [0, 0.05) is 18.0 Å². The van der Waals surface area contributed by atoms with Gasteiger partial charge in [0.05, 0.1) is 12.2 Å². The van der Waals surface area contributed by atoms with Crippen LogP contribution in [0.15, 0.2) is 4.99 Å². The number of hydrogen-bond donors (Lipinski definition) is 2. The normalized spacial score (nSPS) is 17.5. The zero-order valence-electron chi connectivity index (χ0n) is 12.1. The van der Waals surface area contributed by atoms with Gasteiger partial charge in [0.1, 0.15) is 5.01 Å². The van der Waals surface area contributed by atoms with Crippen LogP contribution in [0.2, 0.25) is 0 Å². The smallest absolute Gasteiger partial charge is 0.191 e. The summed E-state index contributed by atoms with van der Waals surface area (Å²) in [6.07, 6.45) is 6.56. The van der Waals surface area contributed by atoms with E-state index < -0.39 is 0 Å². The Balaban J connectivity index is 1.82. The van der Waals surface area contributed by atoms with Gasteiger partial charge >= 0.3 is 0 Å². The zero-order chi connectivity index (χ0) is 13.7. The van der Waals surface area contributed by atoms with Crippen molar-refractivity contribution in [2.45, 2.75) is 58.5 Å². The van der Waals surface area contributed by atoms with Crippen LogP contribution in [0.4, 0.5) is 0 Å². The molecule has 0 atom stereocenters. The van der Waals surface area contributed by atoms with Gasteiger partial charge in [-0.25, -0.2) is 4.98 Å². The highest BCUT2D eigenvalue weighted by atomic mass is 32.1. The van der Waals surface area contributed by atoms with Gasteiger partial charge in [-0.3, -0.25) is 4.99 Å². The molecule has 1 saturated carbocycles. The number of hydrogen-bond acceptors (Lipinski definition) is 3. The standard InChI is InChI=1S/C14H24N4S/c1-10-11(2)19-13(17-10)9-16-14(15-3)18-12-7-5-4-6-8-12/h12H,4-9H2,1-3H3,(H2,15,16,18). The Morgan fingerprint density at radius 3 is 2.63 bits per heavy atom. The lowest BCUT2D eigenvalue weighted by Gasteiger charge is -2.24. The van der Waals surface area contributed by atoms with Gasteiger partial charge in [-0.2, -0.15) is 0 Å². The molecular weight excluding hydrogens is 256 g/mol. The third-order valence-corrected chi connectivity index (χ3v) is 4.72. The summed E-state index contributed by atoms with van der Waals surface area (Å²) in [4.78, 5) is 10.1. The van der Waals surface area contributed by atoms with E-state index >= 15 is 0 Å². The van der Waals surface area contributed by atoms with Crippen LogP contribution in [0.25, 0.3) is 0 Å². The zero-order valence-corrected chi connectivity index (χ0v) is 12.9. The summed E-state index contributed by atoms with van der Waals surface area (Å²) in [5.74, 6) is 0.900. The SMILES string of the molecule is CN=C(NCc1nc(C)c(C)s1)NC1CCCCC1. The fourth-order valence-electron chi connectivity index (χ4n) is 2.41. The summed E-state index contributed by atoms with van der Waals surface area (Å²) >= 11 is 1.76. The molecule has 4 nitrogen and oxygen atoms in total. The number of aliphatic imine (C=N–C) groups is 1.